The number of halogens is 2. The molecule has 2 rings (SSSR count). The van der Waals surface area contributed by atoms with Crippen LogP contribution in [0.25, 0.3) is 0 Å². The molecule has 0 unspecified atom stereocenters. The predicted octanol–water partition coefficient (Wildman–Crippen LogP) is 2.97. The maximum Gasteiger partial charge on any atom is 0.223 e. The molecule has 0 saturated carbocycles. The summed E-state index contributed by atoms with van der Waals surface area (Å²) in [7, 11) is 0. The fraction of sp³-hybridized carbons (Fsp3) is 0.533. The van der Waals surface area contributed by atoms with E-state index in [1.54, 1.807) is 6.07 Å². The molecule has 0 radical (unpaired) electrons. The van der Waals surface area contributed by atoms with Crippen LogP contribution in [-0.2, 0) is 11.3 Å². The van der Waals surface area contributed by atoms with Crippen LogP contribution in [-0.4, -0.2) is 30.4 Å². The van der Waals surface area contributed by atoms with Crippen LogP contribution in [0.5, 0.6) is 0 Å². The Labute approximate surface area is 124 Å². The molecule has 1 amide bonds. The maximum absolute atomic E-state index is 13.5. The van der Waals surface area contributed by atoms with E-state index in [1.807, 2.05) is 4.90 Å². The summed E-state index contributed by atoms with van der Waals surface area (Å²) in [6.45, 7) is 2.70. The van der Waals surface area contributed by atoms with Crippen molar-refractivity contribution in [2.75, 3.05) is 19.6 Å². The Hall–Kier alpha value is -1.13. The third-order valence-electron chi connectivity index (χ3n) is 3.55. The Morgan fingerprint density at radius 2 is 2.05 bits per heavy atom. The molecule has 1 N–H and O–H groups in total. The zero-order valence-electron chi connectivity index (χ0n) is 11.5. The van der Waals surface area contributed by atoms with Gasteiger partial charge in [0.05, 0.1) is 0 Å². The molecule has 0 atom stereocenters. The van der Waals surface area contributed by atoms with E-state index in [2.05, 4.69) is 5.32 Å². The van der Waals surface area contributed by atoms with Gasteiger partial charge in [-0.15, -0.1) is 0 Å². The molecule has 1 heterocycles. The molecule has 110 valence electrons. The van der Waals surface area contributed by atoms with Crippen molar-refractivity contribution in [2.24, 2.45) is 0 Å². The molecule has 1 fully saturated rings. The number of carbonyl (C=O) groups is 1. The molecule has 0 aromatic heterocycles. The first-order chi connectivity index (χ1) is 9.66. The van der Waals surface area contributed by atoms with E-state index < -0.39 is 0 Å². The van der Waals surface area contributed by atoms with E-state index in [-0.39, 0.29) is 11.7 Å². The number of hydrogen-bond acceptors (Lipinski definition) is 2. The van der Waals surface area contributed by atoms with Crippen LogP contribution < -0.4 is 5.32 Å². The molecule has 5 heteroatoms. The van der Waals surface area contributed by atoms with Gasteiger partial charge in [-0.25, -0.2) is 4.39 Å². The van der Waals surface area contributed by atoms with Crippen LogP contribution >= 0.6 is 11.6 Å². The number of likely N-dealkylation sites (tertiary alicyclic amines) is 1. The third-order valence-corrected chi connectivity index (χ3v) is 3.78. The normalized spacial score (nSPS) is 15.4. The first-order valence-electron chi connectivity index (χ1n) is 7.09. The smallest absolute Gasteiger partial charge is 0.223 e. The minimum atomic E-state index is -0.274. The molecule has 1 aliphatic heterocycles. The van der Waals surface area contributed by atoms with E-state index in [9.17, 15) is 9.18 Å². The summed E-state index contributed by atoms with van der Waals surface area (Å²) in [4.78, 5) is 13.8. The van der Waals surface area contributed by atoms with Crippen molar-refractivity contribution in [3.8, 4) is 0 Å². The van der Waals surface area contributed by atoms with Gasteiger partial charge in [0.25, 0.3) is 0 Å². The van der Waals surface area contributed by atoms with Gasteiger partial charge in [-0.2, -0.15) is 0 Å². The highest BCUT2D eigenvalue weighted by Crippen LogP contribution is 2.14. The second-order valence-electron chi connectivity index (χ2n) is 5.10. The number of rotatable bonds is 5. The second-order valence-corrected chi connectivity index (χ2v) is 5.54. The lowest BCUT2D eigenvalue weighted by Crippen LogP contribution is -2.37. The van der Waals surface area contributed by atoms with Gasteiger partial charge >= 0.3 is 0 Å². The molecule has 0 aliphatic carbocycles. The minimum absolute atomic E-state index is 0.184. The zero-order valence-corrected chi connectivity index (χ0v) is 12.3. The fourth-order valence-electron chi connectivity index (χ4n) is 2.40. The van der Waals surface area contributed by atoms with Gasteiger partial charge in [0.15, 0.2) is 0 Å². The Balaban J connectivity index is 1.70. The zero-order chi connectivity index (χ0) is 14.4. The van der Waals surface area contributed by atoms with E-state index in [0.29, 0.717) is 30.1 Å². The first-order valence-corrected chi connectivity index (χ1v) is 7.47. The predicted molar refractivity (Wildman–Crippen MR) is 78.2 cm³/mol. The summed E-state index contributed by atoms with van der Waals surface area (Å²) in [5.74, 6) is -0.0898. The Morgan fingerprint density at radius 3 is 2.80 bits per heavy atom. The third kappa shape index (κ3) is 4.46. The second kappa shape index (κ2) is 7.60. The number of nitrogens with zero attached hydrogens (tertiary/aromatic N) is 1. The van der Waals surface area contributed by atoms with Crippen molar-refractivity contribution in [1.29, 1.82) is 0 Å². The number of benzene rings is 1. The average molecular weight is 299 g/mol. The molecular formula is C15H20ClFN2O. The average Bonchev–Trinajstić information content (AvgIpc) is 2.47. The number of carbonyl (C=O) groups excluding carboxylic acids is 1. The van der Waals surface area contributed by atoms with Crippen LogP contribution in [0.4, 0.5) is 4.39 Å². The fourth-order valence-corrected chi connectivity index (χ4v) is 2.59. The molecule has 1 aliphatic rings. The first kappa shape index (κ1) is 15.3. The van der Waals surface area contributed by atoms with Crippen LogP contribution in [0.3, 0.4) is 0 Å². The van der Waals surface area contributed by atoms with Gasteiger partial charge < -0.3 is 10.2 Å². The maximum atomic E-state index is 13.5. The van der Waals surface area contributed by atoms with Gasteiger partial charge in [0, 0.05) is 43.2 Å². The quantitative estimate of drug-likeness (QED) is 0.848. The van der Waals surface area contributed by atoms with Crippen LogP contribution in [0, 0.1) is 5.82 Å². The highest BCUT2D eigenvalue weighted by molar-refractivity contribution is 6.30. The van der Waals surface area contributed by atoms with Crippen LogP contribution in [0.1, 0.15) is 31.2 Å². The summed E-state index contributed by atoms with van der Waals surface area (Å²) in [6.07, 6.45) is 3.89. The lowest BCUT2D eigenvalue weighted by molar-refractivity contribution is -0.131. The summed E-state index contributed by atoms with van der Waals surface area (Å²) >= 11 is 5.83. The highest BCUT2D eigenvalue weighted by Gasteiger charge is 2.15. The number of piperidine rings is 1. The topological polar surface area (TPSA) is 32.3 Å². The molecule has 1 saturated heterocycles. The number of hydrogen-bond donors (Lipinski definition) is 1. The lowest BCUT2D eigenvalue weighted by atomic mass is 10.1. The summed E-state index contributed by atoms with van der Waals surface area (Å²) in [5.41, 5.74) is 0.530. The molecule has 1 aromatic rings. The van der Waals surface area contributed by atoms with Crippen LogP contribution in [0.2, 0.25) is 5.02 Å². The Kier molecular flexibility index (Phi) is 5.80. The lowest BCUT2D eigenvalue weighted by Gasteiger charge is -2.26. The van der Waals surface area contributed by atoms with Crippen molar-refractivity contribution in [2.45, 2.75) is 32.2 Å². The van der Waals surface area contributed by atoms with Gasteiger partial charge in [-0.05, 0) is 37.5 Å². The van der Waals surface area contributed by atoms with Crippen molar-refractivity contribution in [3.05, 3.63) is 34.6 Å². The molecular weight excluding hydrogens is 279 g/mol. The molecule has 0 spiro atoms. The summed E-state index contributed by atoms with van der Waals surface area (Å²) in [6, 6.07) is 4.49. The van der Waals surface area contributed by atoms with Gasteiger partial charge in [0.2, 0.25) is 5.91 Å². The Morgan fingerprint density at radius 1 is 1.30 bits per heavy atom. The van der Waals surface area contributed by atoms with Crippen molar-refractivity contribution in [1.82, 2.24) is 10.2 Å². The van der Waals surface area contributed by atoms with Crippen LogP contribution in [0.15, 0.2) is 18.2 Å². The number of amides is 1. The van der Waals surface area contributed by atoms with E-state index in [0.717, 1.165) is 25.9 Å². The molecule has 1 aromatic carbocycles. The standard InChI is InChI=1S/C15H20ClFN2O/c16-13-4-5-14(17)12(10-13)11-18-7-6-15(20)19-8-2-1-3-9-19/h4-5,10,18H,1-3,6-9,11H2. The largest absolute Gasteiger partial charge is 0.343 e. The van der Waals surface area contributed by atoms with E-state index >= 15 is 0 Å². The van der Waals surface area contributed by atoms with E-state index in [4.69, 9.17) is 11.6 Å². The van der Waals surface area contributed by atoms with Crippen molar-refractivity contribution >= 4 is 17.5 Å². The molecule has 20 heavy (non-hydrogen) atoms. The minimum Gasteiger partial charge on any atom is -0.343 e. The summed E-state index contributed by atoms with van der Waals surface area (Å²) < 4.78 is 13.5. The van der Waals surface area contributed by atoms with Gasteiger partial charge in [-0.1, -0.05) is 11.6 Å². The number of nitrogens with one attached hydrogen (secondary N) is 1. The van der Waals surface area contributed by atoms with Crippen molar-refractivity contribution < 1.29 is 9.18 Å². The monoisotopic (exact) mass is 298 g/mol. The summed E-state index contributed by atoms with van der Waals surface area (Å²) in [5, 5.41) is 3.61. The molecule has 0 bridgehead atoms. The molecule has 3 nitrogen and oxygen atoms in total. The SMILES string of the molecule is O=C(CCNCc1cc(Cl)ccc1F)N1CCCCC1. The highest BCUT2D eigenvalue weighted by atomic mass is 35.5. The van der Waals surface area contributed by atoms with E-state index in [1.165, 1.54) is 18.6 Å². The Bertz CT molecular complexity index is 461. The van der Waals surface area contributed by atoms with Crippen molar-refractivity contribution in [3.63, 3.8) is 0 Å². The van der Waals surface area contributed by atoms with Gasteiger partial charge in [-0.3, -0.25) is 4.79 Å². The van der Waals surface area contributed by atoms with Gasteiger partial charge in [0.1, 0.15) is 5.82 Å².